The summed E-state index contributed by atoms with van der Waals surface area (Å²) in [6.07, 6.45) is -5.22. The molecule has 0 bridgehead atoms. The Hall–Kier alpha value is -0.780. The van der Waals surface area contributed by atoms with Crippen LogP contribution in [0.3, 0.4) is 0 Å². The fourth-order valence-electron chi connectivity index (χ4n) is 1.18. The van der Waals surface area contributed by atoms with E-state index < -0.39 is 24.5 Å². The zero-order valence-corrected chi connectivity index (χ0v) is 9.77. The van der Waals surface area contributed by atoms with Crippen molar-refractivity contribution in [3.8, 4) is 0 Å². The zero-order valence-electron chi connectivity index (χ0n) is 9.77. The predicted octanol–water partition coefficient (Wildman–Crippen LogP) is 1.82. The highest BCUT2D eigenvalue weighted by Crippen LogP contribution is 2.21. The van der Waals surface area contributed by atoms with Crippen molar-refractivity contribution in [2.45, 2.75) is 51.9 Å². The average molecular weight is 240 g/mol. The van der Waals surface area contributed by atoms with E-state index in [1.165, 1.54) is 6.92 Å². The van der Waals surface area contributed by atoms with Crippen molar-refractivity contribution in [3.63, 3.8) is 0 Å². The van der Waals surface area contributed by atoms with Crippen LogP contribution in [0.25, 0.3) is 0 Å². The molecular weight excluding hydrogens is 221 g/mol. The van der Waals surface area contributed by atoms with Gasteiger partial charge in [-0.2, -0.15) is 13.2 Å². The molecule has 0 radical (unpaired) electrons. The third-order valence-electron chi connectivity index (χ3n) is 2.22. The number of alkyl halides is 3. The number of rotatable bonds is 5. The lowest BCUT2D eigenvalue weighted by Gasteiger charge is -2.19. The monoisotopic (exact) mass is 240 g/mol. The molecule has 1 amide bonds. The molecule has 0 saturated carbocycles. The summed E-state index contributed by atoms with van der Waals surface area (Å²) in [5, 5.41) is 2.28. The van der Waals surface area contributed by atoms with Gasteiger partial charge >= 0.3 is 6.18 Å². The van der Waals surface area contributed by atoms with Crippen molar-refractivity contribution in [2.24, 2.45) is 11.7 Å². The fourth-order valence-corrected chi connectivity index (χ4v) is 1.18. The molecule has 96 valence electrons. The third kappa shape index (κ3) is 7.50. The summed E-state index contributed by atoms with van der Waals surface area (Å²) in [5.74, 6) is -0.304. The minimum absolute atomic E-state index is 0.0554. The maximum Gasteiger partial charge on any atom is 0.391 e. The largest absolute Gasteiger partial charge is 0.391 e. The molecule has 3 nitrogen and oxygen atoms in total. The maximum atomic E-state index is 12.0. The van der Waals surface area contributed by atoms with E-state index in [-0.39, 0.29) is 18.4 Å². The van der Waals surface area contributed by atoms with E-state index >= 15 is 0 Å². The highest BCUT2D eigenvalue weighted by Gasteiger charge is 2.30. The van der Waals surface area contributed by atoms with Crippen molar-refractivity contribution < 1.29 is 18.0 Å². The summed E-state index contributed by atoms with van der Waals surface area (Å²) in [5.41, 5.74) is 5.64. The normalized spacial score (nSPS) is 16.0. The Morgan fingerprint density at radius 3 is 2.19 bits per heavy atom. The van der Waals surface area contributed by atoms with Crippen LogP contribution in [0.4, 0.5) is 13.2 Å². The summed E-state index contributed by atoms with van der Waals surface area (Å²) < 4.78 is 35.9. The van der Waals surface area contributed by atoms with Gasteiger partial charge in [0.1, 0.15) is 0 Å². The summed E-state index contributed by atoms with van der Waals surface area (Å²) in [6.45, 7) is 5.04. The first kappa shape index (κ1) is 15.2. The van der Waals surface area contributed by atoms with Gasteiger partial charge in [0.05, 0.1) is 6.42 Å². The first-order valence-electron chi connectivity index (χ1n) is 5.23. The van der Waals surface area contributed by atoms with Crippen LogP contribution in [-0.2, 0) is 4.79 Å². The zero-order chi connectivity index (χ0) is 12.9. The van der Waals surface area contributed by atoms with E-state index in [0.717, 1.165) is 0 Å². The molecule has 0 fully saturated rings. The quantitative estimate of drug-likeness (QED) is 0.770. The van der Waals surface area contributed by atoms with Gasteiger partial charge in [-0.15, -0.1) is 0 Å². The molecule has 16 heavy (non-hydrogen) atoms. The number of nitrogens with two attached hydrogens (primary N) is 1. The van der Waals surface area contributed by atoms with Gasteiger partial charge in [0.25, 0.3) is 0 Å². The molecule has 3 N–H and O–H groups in total. The Labute approximate surface area is 93.6 Å². The van der Waals surface area contributed by atoms with Gasteiger partial charge < -0.3 is 11.1 Å². The van der Waals surface area contributed by atoms with Crippen molar-refractivity contribution in [2.75, 3.05) is 0 Å². The molecule has 0 aromatic heterocycles. The molecule has 0 saturated heterocycles. The van der Waals surface area contributed by atoms with Crippen molar-refractivity contribution in [1.29, 1.82) is 0 Å². The van der Waals surface area contributed by atoms with Crippen molar-refractivity contribution in [3.05, 3.63) is 0 Å². The Morgan fingerprint density at radius 1 is 1.31 bits per heavy atom. The van der Waals surface area contributed by atoms with Crippen LogP contribution >= 0.6 is 0 Å². The summed E-state index contributed by atoms with van der Waals surface area (Å²) in [4.78, 5) is 11.3. The van der Waals surface area contributed by atoms with E-state index in [0.29, 0.717) is 0 Å². The van der Waals surface area contributed by atoms with Crippen LogP contribution in [0.1, 0.15) is 33.6 Å². The second kappa shape index (κ2) is 6.08. The van der Waals surface area contributed by atoms with E-state index in [9.17, 15) is 18.0 Å². The van der Waals surface area contributed by atoms with Crippen LogP contribution in [0.15, 0.2) is 0 Å². The fraction of sp³-hybridized carbons (Fsp3) is 0.900. The van der Waals surface area contributed by atoms with Gasteiger partial charge in [0, 0.05) is 18.5 Å². The molecule has 0 spiro atoms. The third-order valence-corrected chi connectivity index (χ3v) is 2.22. The lowest BCUT2D eigenvalue weighted by atomic mass is 10.0. The van der Waals surface area contributed by atoms with Crippen molar-refractivity contribution >= 4 is 5.91 Å². The van der Waals surface area contributed by atoms with Crippen LogP contribution in [0.5, 0.6) is 0 Å². The first-order valence-corrected chi connectivity index (χ1v) is 5.23. The maximum absolute atomic E-state index is 12.0. The predicted molar refractivity (Wildman–Crippen MR) is 55.7 cm³/mol. The number of carbonyl (C=O) groups excluding carboxylic acids is 1. The summed E-state index contributed by atoms with van der Waals surface area (Å²) >= 11 is 0. The number of amides is 1. The molecule has 0 rings (SSSR count). The average Bonchev–Trinajstić information content (AvgIpc) is 1.98. The Balaban J connectivity index is 3.96. The molecule has 0 aliphatic heterocycles. The lowest BCUT2D eigenvalue weighted by molar-refractivity contribution is -0.141. The second-order valence-electron chi connectivity index (χ2n) is 4.40. The van der Waals surface area contributed by atoms with Gasteiger partial charge in [-0.1, -0.05) is 13.8 Å². The number of carbonyl (C=O) groups is 1. The van der Waals surface area contributed by atoms with Crippen LogP contribution in [0.2, 0.25) is 0 Å². The topological polar surface area (TPSA) is 55.1 Å². The standard InChI is InChI=1S/C10H19F3N2O/c1-6(2)8(14)4-9(16)15-7(3)5-10(11,12)13/h6-8H,4-5,14H2,1-3H3,(H,15,16). The van der Waals surface area contributed by atoms with Gasteiger partial charge in [0.15, 0.2) is 0 Å². The van der Waals surface area contributed by atoms with Crippen molar-refractivity contribution in [1.82, 2.24) is 5.32 Å². The van der Waals surface area contributed by atoms with E-state index in [4.69, 9.17) is 5.73 Å². The lowest BCUT2D eigenvalue weighted by Crippen LogP contribution is -2.40. The van der Waals surface area contributed by atoms with E-state index in [1.54, 1.807) is 0 Å². The van der Waals surface area contributed by atoms with Gasteiger partial charge in [0.2, 0.25) is 5.91 Å². The van der Waals surface area contributed by atoms with Gasteiger partial charge in [-0.25, -0.2) is 0 Å². The molecule has 6 heteroatoms. The Morgan fingerprint density at radius 2 is 1.81 bits per heavy atom. The Kier molecular flexibility index (Phi) is 5.78. The molecule has 0 aliphatic rings. The van der Waals surface area contributed by atoms with Crippen LogP contribution in [-0.4, -0.2) is 24.2 Å². The molecule has 0 aliphatic carbocycles. The molecule has 0 heterocycles. The van der Waals surface area contributed by atoms with E-state index in [2.05, 4.69) is 5.32 Å². The molecule has 0 aromatic rings. The molecule has 0 aromatic carbocycles. The minimum atomic E-state index is -4.26. The first-order chi connectivity index (χ1) is 7.11. The Bertz CT molecular complexity index is 229. The number of hydrogen-bond acceptors (Lipinski definition) is 2. The molecule has 2 atom stereocenters. The van der Waals surface area contributed by atoms with Gasteiger partial charge in [-0.3, -0.25) is 4.79 Å². The SMILES string of the molecule is CC(CC(F)(F)F)NC(=O)CC(N)C(C)C. The van der Waals surface area contributed by atoms with Gasteiger partial charge in [-0.05, 0) is 12.8 Å². The van der Waals surface area contributed by atoms with Crippen LogP contribution in [0, 0.1) is 5.92 Å². The number of nitrogens with one attached hydrogen (secondary N) is 1. The number of hydrogen-bond donors (Lipinski definition) is 2. The van der Waals surface area contributed by atoms with E-state index in [1.807, 2.05) is 13.8 Å². The smallest absolute Gasteiger partial charge is 0.353 e. The van der Waals surface area contributed by atoms with Crippen LogP contribution < -0.4 is 11.1 Å². The summed E-state index contributed by atoms with van der Waals surface area (Å²) in [7, 11) is 0. The highest BCUT2D eigenvalue weighted by atomic mass is 19.4. The molecular formula is C10H19F3N2O. The molecule has 2 unspecified atom stereocenters. The number of halogens is 3. The minimum Gasteiger partial charge on any atom is -0.353 e. The summed E-state index contributed by atoms with van der Waals surface area (Å²) in [6, 6.07) is -1.23. The highest BCUT2D eigenvalue weighted by molar-refractivity contribution is 5.76. The second-order valence-corrected chi connectivity index (χ2v) is 4.40.